The lowest BCUT2D eigenvalue weighted by molar-refractivity contribution is 0.0950. The fourth-order valence-electron chi connectivity index (χ4n) is 5.38. The number of carbonyl (C=O) groups excluding carboxylic acids is 1. The SMILES string of the molecule is Cc1ccc(S(=O)(=O)N2CCN(Cc3cccc(C(=O)NCc4cccc(CN5CCCC5)c4)c3)CC2)cc1. The third kappa shape index (κ3) is 7.13. The van der Waals surface area contributed by atoms with Gasteiger partial charge in [0.2, 0.25) is 10.0 Å². The van der Waals surface area contributed by atoms with E-state index in [4.69, 9.17) is 0 Å². The molecule has 3 aromatic rings. The van der Waals surface area contributed by atoms with Crippen LogP contribution in [-0.4, -0.2) is 67.7 Å². The Kier molecular flexibility index (Phi) is 8.77. The van der Waals surface area contributed by atoms with Crippen molar-refractivity contribution in [2.45, 2.75) is 44.3 Å². The maximum atomic E-state index is 13.0. The first-order valence-corrected chi connectivity index (χ1v) is 15.3. The van der Waals surface area contributed by atoms with Gasteiger partial charge in [-0.3, -0.25) is 14.6 Å². The van der Waals surface area contributed by atoms with Crippen LogP contribution in [0.15, 0.2) is 77.7 Å². The van der Waals surface area contributed by atoms with Crippen LogP contribution >= 0.6 is 0 Å². The fourth-order valence-corrected chi connectivity index (χ4v) is 6.80. The highest BCUT2D eigenvalue weighted by atomic mass is 32.2. The Balaban J connectivity index is 1.12. The minimum atomic E-state index is -3.48. The number of hydrogen-bond acceptors (Lipinski definition) is 5. The maximum absolute atomic E-state index is 13.0. The molecule has 3 aromatic carbocycles. The van der Waals surface area contributed by atoms with E-state index < -0.39 is 10.0 Å². The molecule has 2 aliphatic heterocycles. The quantitative estimate of drug-likeness (QED) is 0.439. The number of nitrogens with zero attached hydrogens (tertiary/aromatic N) is 3. The molecule has 0 bridgehead atoms. The summed E-state index contributed by atoms with van der Waals surface area (Å²) in [5, 5.41) is 3.07. The molecule has 1 N–H and O–H groups in total. The summed E-state index contributed by atoms with van der Waals surface area (Å²) in [7, 11) is -3.48. The summed E-state index contributed by atoms with van der Waals surface area (Å²) >= 11 is 0. The van der Waals surface area contributed by atoms with Crippen molar-refractivity contribution in [3.05, 3.63) is 101 Å². The molecule has 2 fully saturated rings. The Labute approximate surface area is 232 Å². The first-order chi connectivity index (χ1) is 18.9. The highest BCUT2D eigenvalue weighted by Gasteiger charge is 2.28. The first-order valence-electron chi connectivity index (χ1n) is 13.8. The lowest BCUT2D eigenvalue weighted by atomic mass is 10.1. The molecule has 1 amide bonds. The van der Waals surface area contributed by atoms with Crippen LogP contribution in [0.2, 0.25) is 0 Å². The number of likely N-dealkylation sites (tertiary alicyclic amines) is 1. The van der Waals surface area contributed by atoms with Gasteiger partial charge in [0.1, 0.15) is 0 Å². The van der Waals surface area contributed by atoms with Gasteiger partial charge in [0.15, 0.2) is 0 Å². The normalized spacial score (nSPS) is 17.4. The largest absolute Gasteiger partial charge is 0.348 e. The van der Waals surface area contributed by atoms with Crippen molar-refractivity contribution in [3.63, 3.8) is 0 Å². The molecule has 0 saturated carbocycles. The Morgan fingerprint density at radius 2 is 1.33 bits per heavy atom. The molecule has 0 aromatic heterocycles. The summed E-state index contributed by atoms with van der Waals surface area (Å²) in [4.78, 5) is 18.0. The van der Waals surface area contributed by atoms with Gasteiger partial charge in [0, 0.05) is 51.4 Å². The molecular formula is C31H38N4O3S. The molecule has 206 valence electrons. The number of rotatable bonds is 9. The first kappa shape index (κ1) is 27.5. The number of aryl methyl sites for hydroxylation is 1. The second-order valence-corrected chi connectivity index (χ2v) is 12.6. The third-order valence-corrected chi connectivity index (χ3v) is 9.55. The van der Waals surface area contributed by atoms with Crippen molar-refractivity contribution in [3.8, 4) is 0 Å². The zero-order valence-electron chi connectivity index (χ0n) is 22.7. The van der Waals surface area contributed by atoms with Gasteiger partial charge in [-0.15, -0.1) is 0 Å². The van der Waals surface area contributed by atoms with Crippen LogP contribution in [0.5, 0.6) is 0 Å². The minimum absolute atomic E-state index is 0.0872. The number of hydrogen-bond donors (Lipinski definition) is 1. The molecule has 2 aliphatic rings. The van der Waals surface area contributed by atoms with E-state index >= 15 is 0 Å². The zero-order valence-corrected chi connectivity index (χ0v) is 23.5. The molecule has 5 rings (SSSR count). The smallest absolute Gasteiger partial charge is 0.251 e. The number of nitrogens with one attached hydrogen (secondary N) is 1. The number of carbonyl (C=O) groups is 1. The van der Waals surface area contributed by atoms with E-state index in [0.717, 1.165) is 23.2 Å². The number of sulfonamides is 1. The average molecular weight is 547 g/mol. The van der Waals surface area contributed by atoms with Gasteiger partial charge < -0.3 is 5.32 Å². The highest BCUT2D eigenvalue weighted by molar-refractivity contribution is 7.89. The Bertz CT molecular complexity index is 1380. The van der Waals surface area contributed by atoms with Gasteiger partial charge in [0.25, 0.3) is 5.91 Å². The molecule has 0 aliphatic carbocycles. The molecule has 0 radical (unpaired) electrons. The minimum Gasteiger partial charge on any atom is -0.348 e. The molecule has 8 heteroatoms. The van der Waals surface area contributed by atoms with Crippen LogP contribution in [0.25, 0.3) is 0 Å². The Morgan fingerprint density at radius 1 is 0.744 bits per heavy atom. The van der Waals surface area contributed by atoms with E-state index in [2.05, 4.69) is 39.4 Å². The van der Waals surface area contributed by atoms with Gasteiger partial charge >= 0.3 is 0 Å². The molecule has 39 heavy (non-hydrogen) atoms. The molecule has 0 atom stereocenters. The number of benzene rings is 3. The summed E-state index contributed by atoms with van der Waals surface area (Å²) in [5.74, 6) is -0.0872. The molecule has 2 heterocycles. The topological polar surface area (TPSA) is 73.0 Å². The highest BCUT2D eigenvalue weighted by Crippen LogP contribution is 2.20. The Hall–Kier alpha value is -3.04. The van der Waals surface area contributed by atoms with Crippen LogP contribution < -0.4 is 5.32 Å². The average Bonchev–Trinajstić information content (AvgIpc) is 3.46. The molecule has 0 unspecified atom stereocenters. The standard InChI is InChI=1S/C31H38N4O3S/c1-25-10-12-30(13-11-25)39(37,38)35-18-16-34(17-19-35)24-28-8-5-9-29(21-28)31(36)32-22-26-6-4-7-27(20-26)23-33-14-2-3-15-33/h4-13,20-21H,2-3,14-19,22-24H2,1H3,(H,32,36). The lowest BCUT2D eigenvalue weighted by Crippen LogP contribution is -2.48. The van der Waals surface area contributed by atoms with Crippen LogP contribution in [0.3, 0.4) is 0 Å². The molecule has 2 saturated heterocycles. The van der Waals surface area contributed by atoms with Crippen molar-refractivity contribution in [1.82, 2.24) is 19.4 Å². The van der Waals surface area contributed by atoms with E-state index in [-0.39, 0.29) is 5.91 Å². The number of amides is 1. The fraction of sp³-hybridized carbons (Fsp3) is 0.387. The predicted octanol–water partition coefficient (Wildman–Crippen LogP) is 4.03. The van der Waals surface area contributed by atoms with Crippen molar-refractivity contribution in [1.29, 1.82) is 0 Å². The van der Waals surface area contributed by atoms with E-state index in [1.54, 1.807) is 16.4 Å². The summed E-state index contributed by atoms with van der Waals surface area (Å²) in [6, 6.07) is 23.2. The summed E-state index contributed by atoms with van der Waals surface area (Å²) < 4.78 is 27.6. The lowest BCUT2D eigenvalue weighted by Gasteiger charge is -2.34. The zero-order chi connectivity index (χ0) is 27.2. The third-order valence-electron chi connectivity index (χ3n) is 7.63. The Morgan fingerprint density at radius 3 is 2.03 bits per heavy atom. The predicted molar refractivity (Wildman–Crippen MR) is 154 cm³/mol. The second-order valence-electron chi connectivity index (χ2n) is 10.7. The van der Waals surface area contributed by atoms with Crippen molar-refractivity contribution in [2.24, 2.45) is 0 Å². The van der Waals surface area contributed by atoms with Crippen LogP contribution in [-0.2, 0) is 29.7 Å². The van der Waals surface area contributed by atoms with Crippen LogP contribution in [0.4, 0.5) is 0 Å². The number of piperazine rings is 1. The summed E-state index contributed by atoms with van der Waals surface area (Å²) in [6.07, 6.45) is 2.56. The van der Waals surface area contributed by atoms with Crippen LogP contribution in [0, 0.1) is 6.92 Å². The molecule has 0 spiro atoms. The van der Waals surface area contributed by atoms with Gasteiger partial charge in [-0.2, -0.15) is 4.31 Å². The monoisotopic (exact) mass is 546 g/mol. The summed E-state index contributed by atoms with van der Waals surface area (Å²) in [6.45, 7) is 8.62. The van der Waals surface area contributed by atoms with Gasteiger partial charge in [-0.1, -0.05) is 54.1 Å². The van der Waals surface area contributed by atoms with E-state index in [1.165, 1.54) is 31.5 Å². The molecule has 7 nitrogen and oxygen atoms in total. The van der Waals surface area contributed by atoms with Crippen molar-refractivity contribution < 1.29 is 13.2 Å². The van der Waals surface area contributed by atoms with Crippen molar-refractivity contribution in [2.75, 3.05) is 39.3 Å². The van der Waals surface area contributed by atoms with Gasteiger partial charge in [0.05, 0.1) is 4.90 Å². The van der Waals surface area contributed by atoms with E-state index in [9.17, 15) is 13.2 Å². The van der Waals surface area contributed by atoms with Crippen molar-refractivity contribution >= 4 is 15.9 Å². The molecular weight excluding hydrogens is 508 g/mol. The second kappa shape index (κ2) is 12.4. The van der Waals surface area contributed by atoms with Crippen LogP contribution in [0.1, 0.15) is 45.5 Å². The van der Waals surface area contributed by atoms with E-state index in [0.29, 0.717) is 49.7 Å². The van der Waals surface area contributed by atoms with Gasteiger partial charge in [-0.25, -0.2) is 8.42 Å². The van der Waals surface area contributed by atoms with E-state index in [1.807, 2.05) is 43.3 Å². The maximum Gasteiger partial charge on any atom is 0.251 e. The summed E-state index contributed by atoms with van der Waals surface area (Å²) in [5.41, 5.74) is 5.12. The van der Waals surface area contributed by atoms with Gasteiger partial charge in [-0.05, 0) is 73.8 Å².